The van der Waals surface area contributed by atoms with Crippen molar-refractivity contribution in [1.82, 2.24) is 4.90 Å². The van der Waals surface area contributed by atoms with Gasteiger partial charge in [0.05, 0.1) is 17.9 Å². The van der Waals surface area contributed by atoms with Crippen LogP contribution >= 0.6 is 0 Å². The Labute approximate surface area is 99.8 Å². The number of nitrogens with zero attached hydrogens (tertiary/aromatic N) is 2. The largest absolute Gasteiger partial charge is 0.351 e. The molecular formula is C14H24N2. The SMILES string of the molecule is CC.CCCN1C(CC)=NC2C=CC=CC21. The van der Waals surface area contributed by atoms with Crippen molar-refractivity contribution in [1.29, 1.82) is 0 Å². The zero-order chi connectivity index (χ0) is 12.0. The van der Waals surface area contributed by atoms with Gasteiger partial charge in [-0.1, -0.05) is 52.0 Å². The average molecular weight is 220 g/mol. The van der Waals surface area contributed by atoms with Crippen LogP contribution in [0.2, 0.25) is 0 Å². The number of rotatable bonds is 3. The number of hydrogen-bond donors (Lipinski definition) is 0. The molecular weight excluding hydrogens is 196 g/mol. The fourth-order valence-electron chi connectivity index (χ4n) is 2.22. The van der Waals surface area contributed by atoms with Gasteiger partial charge in [-0.05, 0) is 6.42 Å². The van der Waals surface area contributed by atoms with E-state index in [9.17, 15) is 0 Å². The standard InChI is InChI=1S/C12H18N2.C2H6/c1-3-9-14-11-8-6-5-7-10(11)13-12(14)4-2;1-2/h5-8,10-11H,3-4,9H2,1-2H3;1-2H3. The highest BCUT2D eigenvalue weighted by Gasteiger charge is 2.31. The fraction of sp³-hybridized carbons (Fsp3) is 0.643. The summed E-state index contributed by atoms with van der Waals surface area (Å²) in [6.45, 7) is 9.54. The number of aliphatic imine (C=N–C) groups is 1. The third-order valence-corrected chi connectivity index (χ3v) is 2.85. The minimum Gasteiger partial charge on any atom is -0.351 e. The van der Waals surface area contributed by atoms with Crippen LogP contribution in [0.4, 0.5) is 0 Å². The first-order chi connectivity index (χ1) is 7.86. The molecule has 0 aromatic heterocycles. The van der Waals surface area contributed by atoms with Gasteiger partial charge in [-0.2, -0.15) is 0 Å². The lowest BCUT2D eigenvalue weighted by Gasteiger charge is -2.27. The summed E-state index contributed by atoms with van der Waals surface area (Å²) in [6, 6.07) is 0.872. The van der Waals surface area contributed by atoms with Crippen LogP contribution in [-0.4, -0.2) is 29.4 Å². The highest BCUT2D eigenvalue weighted by atomic mass is 15.3. The van der Waals surface area contributed by atoms with Crippen LogP contribution < -0.4 is 0 Å². The van der Waals surface area contributed by atoms with Crippen molar-refractivity contribution < 1.29 is 0 Å². The molecule has 2 heteroatoms. The molecule has 0 aromatic carbocycles. The molecule has 2 rings (SSSR count). The Morgan fingerprint density at radius 2 is 1.88 bits per heavy atom. The van der Waals surface area contributed by atoms with E-state index in [2.05, 4.69) is 43.1 Å². The molecule has 0 aromatic rings. The second-order valence-corrected chi connectivity index (χ2v) is 3.84. The Morgan fingerprint density at radius 1 is 1.19 bits per heavy atom. The van der Waals surface area contributed by atoms with Gasteiger partial charge in [0.25, 0.3) is 0 Å². The monoisotopic (exact) mass is 220 g/mol. The maximum Gasteiger partial charge on any atom is 0.1000 e. The molecule has 2 aliphatic rings. The smallest absolute Gasteiger partial charge is 0.1000 e. The third kappa shape index (κ3) is 2.55. The van der Waals surface area contributed by atoms with E-state index in [1.54, 1.807) is 0 Å². The van der Waals surface area contributed by atoms with E-state index in [1.165, 1.54) is 12.3 Å². The molecule has 16 heavy (non-hydrogen) atoms. The van der Waals surface area contributed by atoms with E-state index < -0.39 is 0 Å². The topological polar surface area (TPSA) is 15.6 Å². The fourth-order valence-corrected chi connectivity index (χ4v) is 2.22. The number of allylic oxidation sites excluding steroid dienone is 2. The summed E-state index contributed by atoms with van der Waals surface area (Å²) in [5.74, 6) is 1.28. The molecule has 1 heterocycles. The van der Waals surface area contributed by atoms with E-state index in [1.807, 2.05) is 13.8 Å². The molecule has 1 aliphatic heterocycles. The Balaban J connectivity index is 0.000000606. The molecule has 0 saturated heterocycles. The van der Waals surface area contributed by atoms with Gasteiger partial charge in [0, 0.05) is 13.0 Å². The Bertz CT molecular complexity index is 289. The highest BCUT2D eigenvalue weighted by molar-refractivity contribution is 5.85. The summed E-state index contributed by atoms with van der Waals surface area (Å²) in [4.78, 5) is 7.18. The summed E-state index contributed by atoms with van der Waals surface area (Å²) >= 11 is 0. The second kappa shape index (κ2) is 6.51. The molecule has 2 nitrogen and oxygen atoms in total. The molecule has 1 aliphatic carbocycles. The molecule has 2 unspecified atom stereocenters. The van der Waals surface area contributed by atoms with Crippen LogP contribution in [0.25, 0.3) is 0 Å². The molecule has 2 atom stereocenters. The molecule has 90 valence electrons. The highest BCUT2D eigenvalue weighted by Crippen LogP contribution is 2.24. The zero-order valence-electron chi connectivity index (χ0n) is 11.0. The minimum atomic E-state index is 0.376. The minimum absolute atomic E-state index is 0.376. The number of amidine groups is 1. The van der Waals surface area contributed by atoms with E-state index in [0.29, 0.717) is 12.1 Å². The zero-order valence-corrected chi connectivity index (χ0v) is 11.0. The van der Waals surface area contributed by atoms with Gasteiger partial charge in [0.15, 0.2) is 0 Å². The van der Waals surface area contributed by atoms with Gasteiger partial charge in [0.1, 0.15) is 0 Å². The number of fused-ring (bicyclic) bond motifs is 1. The number of hydrogen-bond acceptors (Lipinski definition) is 2. The Hall–Kier alpha value is -1.05. The van der Waals surface area contributed by atoms with Crippen molar-refractivity contribution in [3.63, 3.8) is 0 Å². The molecule has 0 amide bonds. The molecule has 0 radical (unpaired) electrons. The molecule has 0 N–H and O–H groups in total. The molecule has 0 spiro atoms. The summed E-state index contributed by atoms with van der Waals surface area (Å²) in [5.41, 5.74) is 0. The first-order valence-electron chi connectivity index (χ1n) is 6.55. The summed E-state index contributed by atoms with van der Waals surface area (Å²) in [6.07, 6.45) is 11.0. The Morgan fingerprint density at radius 3 is 2.50 bits per heavy atom. The van der Waals surface area contributed by atoms with Crippen LogP contribution in [0.1, 0.15) is 40.5 Å². The van der Waals surface area contributed by atoms with Crippen LogP contribution in [0.15, 0.2) is 29.3 Å². The normalized spacial score (nSPS) is 26.0. The molecule has 0 saturated carbocycles. The van der Waals surface area contributed by atoms with Gasteiger partial charge in [-0.3, -0.25) is 4.99 Å². The van der Waals surface area contributed by atoms with E-state index in [4.69, 9.17) is 4.99 Å². The predicted octanol–water partition coefficient (Wildman–Crippen LogP) is 3.41. The lowest BCUT2D eigenvalue weighted by Crippen LogP contribution is -2.38. The van der Waals surface area contributed by atoms with Crippen LogP contribution in [0, 0.1) is 0 Å². The molecule has 0 fully saturated rings. The maximum atomic E-state index is 4.73. The second-order valence-electron chi connectivity index (χ2n) is 3.84. The average Bonchev–Trinajstić information content (AvgIpc) is 2.71. The Kier molecular flexibility index (Phi) is 5.30. The predicted molar refractivity (Wildman–Crippen MR) is 71.9 cm³/mol. The first-order valence-corrected chi connectivity index (χ1v) is 6.55. The van der Waals surface area contributed by atoms with E-state index in [-0.39, 0.29) is 0 Å². The molecule has 0 bridgehead atoms. The quantitative estimate of drug-likeness (QED) is 0.711. The van der Waals surface area contributed by atoms with Gasteiger partial charge >= 0.3 is 0 Å². The summed E-state index contributed by atoms with van der Waals surface area (Å²) in [5, 5.41) is 0. The van der Waals surface area contributed by atoms with Gasteiger partial charge in [-0.25, -0.2) is 0 Å². The lowest BCUT2D eigenvalue weighted by atomic mass is 10.0. The van der Waals surface area contributed by atoms with Crippen LogP contribution in [0.5, 0.6) is 0 Å². The van der Waals surface area contributed by atoms with Crippen molar-refractivity contribution in [2.24, 2.45) is 4.99 Å². The summed E-state index contributed by atoms with van der Waals surface area (Å²) in [7, 11) is 0. The van der Waals surface area contributed by atoms with Crippen LogP contribution in [0.3, 0.4) is 0 Å². The lowest BCUT2D eigenvalue weighted by molar-refractivity contribution is 0.365. The first kappa shape index (κ1) is 13.0. The van der Waals surface area contributed by atoms with Crippen molar-refractivity contribution >= 4 is 5.84 Å². The summed E-state index contributed by atoms with van der Waals surface area (Å²) < 4.78 is 0. The van der Waals surface area contributed by atoms with Crippen molar-refractivity contribution in [3.05, 3.63) is 24.3 Å². The van der Waals surface area contributed by atoms with E-state index in [0.717, 1.165) is 13.0 Å². The third-order valence-electron chi connectivity index (χ3n) is 2.85. The van der Waals surface area contributed by atoms with Gasteiger partial charge in [0.2, 0.25) is 0 Å². The van der Waals surface area contributed by atoms with Crippen molar-refractivity contribution in [2.45, 2.75) is 52.6 Å². The van der Waals surface area contributed by atoms with Gasteiger partial charge in [-0.15, -0.1) is 0 Å². The van der Waals surface area contributed by atoms with Gasteiger partial charge < -0.3 is 4.90 Å². The van der Waals surface area contributed by atoms with E-state index >= 15 is 0 Å². The van der Waals surface area contributed by atoms with Crippen LogP contribution in [-0.2, 0) is 0 Å². The van der Waals surface area contributed by atoms with Crippen molar-refractivity contribution in [2.75, 3.05) is 6.54 Å². The maximum absolute atomic E-state index is 4.73. The van der Waals surface area contributed by atoms with Crippen molar-refractivity contribution in [3.8, 4) is 0 Å².